The van der Waals surface area contributed by atoms with Crippen LogP contribution in [-0.2, 0) is 4.74 Å². The van der Waals surface area contributed by atoms with Crippen LogP contribution in [0.3, 0.4) is 0 Å². The largest absolute Gasteiger partial charge is 0.369 e. The van der Waals surface area contributed by atoms with Crippen LogP contribution in [-0.4, -0.2) is 42.7 Å². The molecule has 112 valence electrons. The van der Waals surface area contributed by atoms with Crippen LogP contribution in [0.2, 0.25) is 0 Å². The van der Waals surface area contributed by atoms with E-state index >= 15 is 0 Å². The first-order valence-electron chi connectivity index (χ1n) is 6.80. The first-order chi connectivity index (χ1) is 9.37. The lowest BCUT2D eigenvalue weighted by Crippen LogP contribution is -2.52. The molecule has 1 atom stereocenters. The number of morpholine rings is 1. The first-order valence-corrected chi connectivity index (χ1v) is 6.80. The summed E-state index contributed by atoms with van der Waals surface area (Å²) >= 11 is 0. The van der Waals surface area contributed by atoms with Crippen molar-refractivity contribution < 1.29 is 17.9 Å². The van der Waals surface area contributed by atoms with Crippen molar-refractivity contribution in [2.45, 2.75) is 37.8 Å². The zero-order valence-corrected chi connectivity index (χ0v) is 11.7. The molecule has 2 nitrogen and oxygen atoms in total. The second-order valence-electron chi connectivity index (χ2n) is 5.42. The van der Waals surface area contributed by atoms with Gasteiger partial charge in [0.25, 0.3) is 0 Å². The zero-order chi connectivity index (χ0) is 14.9. The SMILES string of the molecule is C=C/C(=C(/F)C(=C)C)C(F)(F)C1CN(C2CC2)CCO1. The van der Waals surface area contributed by atoms with E-state index in [1.54, 1.807) is 0 Å². The average molecular weight is 287 g/mol. The minimum Gasteiger partial charge on any atom is -0.369 e. The molecule has 1 aliphatic carbocycles. The zero-order valence-electron chi connectivity index (χ0n) is 11.7. The number of nitrogens with zero attached hydrogens (tertiary/aromatic N) is 1. The molecule has 0 aromatic heterocycles. The van der Waals surface area contributed by atoms with Gasteiger partial charge < -0.3 is 4.74 Å². The lowest BCUT2D eigenvalue weighted by atomic mass is 9.99. The summed E-state index contributed by atoms with van der Waals surface area (Å²) in [5, 5.41) is 0. The highest BCUT2D eigenvalue weighted by Gasteiger charge is 2.48. The number of ether oxygens (including phenoxy) is 1. The molecule has 2 aliphatic rings. The standard InChI is InChI=1S/C15H20F3NO/c1-4-12(14(16)10(2)3)15(17,18)13-9-19(7-8-20-13)11-5-6-11/h4,11,13H,1-2,5-9H2,3H3/b14-12-. The molecular weight excluding hydrogens is 267 g/mol. The predicted octanol–water partition coefficient (Wildman–Crippen LogP) is 3.47. The number of allylic oxidation sites excluding steroid dienone is 3. The monoisotopic (exact) mass is 287 g/mol. The molecular formula is C15H20F3NO. The van der Waals surface area contributed by atoms with Gasteiger partial charge in [-0.25, -0.2) is 4.39 Å². The van der Waals surface area contributed by atoms with E-state index in [9.17, 15) is 13.2 Å². The molecule has 0 aromatic rings. The Bertz CT molecular complexity index is 440. The van der Waals surface area contributed by atoms with E-state index in [-0.39, 0.29) is 18.7 Å². The minimum atomic E-state index is -3.40. The summed E-state index contributed by atoms with van der Waals surface area (Å²) in [7, 11) is 0. The fourth-order valence-corrected chi connectivity index (χ4v) is 2.44. The van der Waals surface area contributed by atoms with E-state index in [0.29, 0.717) is 12.6 Å². The van der Waals surface area contributed by atoms with Crippen molar-refractivity contribution in [3.8, 4) is 0 Å². The van der Waals surface area contributed by atoms with Crippen molar-refractivity contribution in [3.05, 3.63) is 36.2 Å². The molecule has 0 aromatic carbocycles. The molecule has 1 aliphatic heterocycles. The van der Waals surface area contributed by atoms with Gasteiger partial charge in [0.1, 0.15) is 11.9 Å². The lowest BCUT2D eigenvalue weighted by Gasteiger charge is -2.37. The Balaban J connectivity index is 2.21. The number of rotatable bonds is 5. The highest BCUT2D eigenvalue weighted by Crippen LogP contribution is 2.38. The fraction of sp³-hybridized carbons (Fsp3) is 0.600. The maximum atomic E-state index is 14.5. The molecule has 0 N–H and O–H groups in total. The summed E-state index contributed by atoms with van der Waals surface area (Å²) in [6.45, 7) is 9.06. The topological polar surface area (TPSA) is 12.5 Å². The van der Waals surface area contributed by atoms with Gasteiger partial charge in [-0.1, -0.05) is 19.2 Å². The maximum Gasteiger partial charge on any atom is 0.302 e. The molecule has 1 heterocycles. The van der Waals surface area contributed by atoms with E-state index in [1.807, 2.05) is 4.90 Å². The van der Waals surface area contributed by atoms with Crippen LogP contribution in [0.4, 0.5) is 13.2 Å². The fourth-order valence-electron chi connectivity index (χ4n) is 2.44. The van der Waals surface area contributed by atoms with Gasteiger partial charge in [-0.2, -0.15) is 8.78 Å². The molecule has 0 spiro atoms. The summed E-state index contributed by atoms with van der Waals surface area (Å²) in [5.41, 5.74) is -0.762. The number of hydrogen-bond acceptors (Lipinski definition) is 2. The van der Waals surface area contributed by atoms with Crippen LogP contribution < -0.4 is 0 Å². The van der Waals surface area contributed by atoms with E-state index in [2.05, 4.69) is 13.2 Å². The summed E-state index contributed by atoms with van der Waals surface area (Å²) in [4.78, 5) is 2.00. The summed E-state index contributed by atoms with van der Waals surface area (Å²) in [6, 6.07) is 0.388. The first kappa shape index (κ1) is 15.3. The van der Waals surface area contributed by atoms with Crippen molar-refractivity contribution in [1.82, 2.24) is 4.90 Å². The summed E-state index contributed by atoms with van der Waals surface area (Å²) in [6.07, 6.45) is 1.61. The Kier molecular flexibility index (Phi) is 4.39. The smallest absolute Gasteiger partial charge is 0.302 e. The van der Waals surface area contributed by atoms with E-state index in [4.69, 9.17) is 4.74 Å². The van der Waals surface area contributed by atoms with Gasteiger partial charge in [0.05, 0.1) is 12.2 Å². The van der Waals surface area contributed by atoms with E-state index in [1.165, 1.54) is 6.92 Å². The van der Waals surface area contributed by atoms with Crippen molar-refractivity contribution in [3.63, 3.8) is 0 Å². The molecule has 1 saturated carbocycles. The van der Waals surface area contributed by atoms with Gasteiger partial charge in [-0.15, -0.1) is 0 Å². The van der Waals surface area contributed by atoms with Crippen LogP contribution in [0.15, 0.2) is 36.2 Å². The van der Waals surface area contributed by atoms with Gasteiger partial charge in [0.15, 0.2) is 0 Å². The Labute approximate surface area is 117 Å². The highest BCUT2D eigenvalue weighted by atomic mass is 19.3. The number of halogens is 3. The molecule has 20 heavy (non-hydrogen) atoms. The molecule has 1 saturated heterocycles. The van der Waals surface area contributed by atoms with Crippen LogP contribution >= 0.6 is 0 Å². The molecule has 2 fully saturated rings. The molecule has 5 heteroatoms. The van der Waals surface area contributed by atoms with Crippen LogP contribution in [0.1, 0.15) is 19.8 Å². The molecule has 0 amide bonds. The van der Waals surface area contributed by atoms with Gasteiger partial charge in [0.2, 0.25) is 0 Å². The van der Waals surface area contributed by atoms with Crippen LogP contribution in [0.25, 0.3) is 0 Å². The van der Waals surface area contributed by atoms with Crippen LogP contribution in [0, 0.1) is 0 Å². The van der Waals surface area contributed by atoms with Gasteiger partial charge in [0, 0.05) is 19.1 Å². The van der Waals surface area contributed by atoms with E-state index in [0.717, 1.165) is 18.9 Å². The summed E-state index contributed by atoms with van der Waals surface area (Å²) < 4.78 is 48.0. The second-order valence-corrected chi connectivity index (χ2v) is 5.42. The quantitative estimate of drug-likeness (QED) is 0.718. The minimum absolute atomic E-state index is 0.0329. The third-order valence-corrected chi connectivity index (χ3v) is 3.74. The third kappa shape index (κ3) is 2.99. The molecule has 2 rings (SSSR count). The van der Waals surface area contributed by atoms with Crippen molar-refractivity contribution in [2.24, 2.45) is 0 Å². The lowest BCUT2D eigenvalue weighted by molar-refractivity contribution is -0.147. The average Bonchev–Trinajstić information content (AvgIpc) is 3.23. The Morgan fingerprint density at radius 3 is 2.55 bits per heavy atom. The molecule has 0 bridgehead atoms. The van der Waals surface area contributed by atoms with Crippen molar-refractivity contribution >= 4 is 0 Å². The Hall–Kier alpha value is -1.07. The number of alkyl halides is 2. The van der Waals surface area contributed by atoms with Crippen molar-refractivity contribution in [2.75, 3.05) is 19.7 Å². The summed E-state index contributed by atoms with van der Waals surface area (Å²) in [5.74, 6) is -4.41. The maximum absolute atomic E-state index is 14.5. The van der Waals surface area contributed by atoms with Crippen LogP contribution in [0.5, 0.6) is 0 Å². The normalized spacial score (nSPS) is 26.1. The van der Waals surface area contributed by atoms with Gasteiger partial charge in [-0.3, -0.25) is 4.90 Å². The van der Waals surface area contributed by atoms with Gasteiger partial charge >= 0.3 is 5.92 Å². The molecule has 1 unspecified atom stereocenters. The van der Waals surface area contributed by atoms with Crippen molar-refractivity contribution in [1.29, 1.82) is 0 Å². The predicted molar refractivity (Wildman–Crippen MR) is 72.4 cm³/mol. The second kappa shape index (κ2) is 5.74. The van der Waals surface area contributed by atoms with E-state index < -0.39 is 23.4 Å². The number of hydrogen-bond donors (Lipinski definition) is 0. The highest BCUT2D eigenvalue weighted by molar-refractivity contribution is 5.38. The molecule has 0 radical (unpaired) electrons. The Morgan fingerprint density at radius 1 is 1.40 bits per heavy atom. The Morgan fingerprint density at radius 2 is 2.05 bits per heavy atom. The van der Waals surface area contributed by atoms with Gasteiger partial charge in [-0.05, 0) is 25.3 Å². The third-order valence-electron chi connectivity index (χ3n) is 3.74.